The Morgan fingerprint density at radius 2 is 1.85 bits per heavy atom. The van der Waals surface area contributed by atoms with Gasteiger partial charge in [-0.3, -0.25) is 0 Å². The van der Waals surface area contributed by atoms with Crippen LogP contribution in [0.5, 0.6) is 0 Å². The summed E-state index contributed by atoms with van der Waals surface area (Å²) < 4.78 is 0. The summed E-state index contributed by atoms with van der Waals surface area (Å²) in [5.74, 6) is 0. The number of carbonyl (C=O) groups is 1. The highest BCUT2D eigenvalue weighted by atomic mass is 32.2. The van der Waals surface area contributed by atoms with Gasteiger partial charge in [0.1, 0.15) is 0 Å². The number of thioether (sulfide) groups is 1. The molecule has 1 unspecified atom stereocenters. The number of rotatable bonds is 3. The Morgan fingerprint density at radius 3 is 2.35 bits per heavy atom. The number of nitrogens with zero attached hydrogens (tertiary/aromatic N) is 1. The minimum absolute atomic E-state index is 0.0768. The highest BCUT2D eigenvalue weighted by molar-refractivity contribution is 8.01. The molecule has 1 saturated heterocycles. The number of hydrogen-bond donors (Lipinski definition) is 1. The van der Waals surface area contributed by atoms with Gasteiger partial charge in [-0.2, -0.15) is 0 Å². The summed E-state index contributed by atoms with van der Waals surface area (Å²) in [6.45, 7) is 3.81. The molecule has 2 rings (SSSR count). The Bertz CT molecular complexity index is 316. The van der Waals surface area contributed by atoms with Crippen LogP contribution in [0.4, 0.5) is 4.79 Å². The van der Waals surface area contributed by atoms with Gasteiger partial charge in [-0.1, -0.05) is 18.2 Å². The molecular formula is C16H28N2OS. The second-order valence-electron chi connectivity index (χ2n) is 5.25. The van der Waals surface area contributed by atoms with Crippen molar-refractivity contribution in [1.82, 2.24) is 10.2 Å². The van der Waals surface area contributed by atoms with E-state index >= 15 is 0 Å². The van der Waals surface area contributed by atoms with E-state index in [0.717, 1.165) is 25.9 Å². The lowest BCUT2D eigenvalue weighted by Gasteiger charge is -2.27. The number of allylic oxidation sites excluding steroid dienone is 2. The first-order valence-corrected chi connectivity index (χ1v) is 8.92. The zero-order chi connectivity index (χ0) is 14.6. The minimum Gasteiger partial charge on any atom is -0.332 e. The van der Waals surface area contributed by atoms with Crippen molar-refractivity contribution in [2.24, 2.45) is 0 Å². The van der Waals surface area contributed by atoms with Crippen molar-refractivity contribution in [3.05, 3.63) is 23.6 Å². The molecule has 4 heteroatoms. The third kappa shape index (κ3) is 7.63. The number of amides is 2. The van der Waals surface area contributed by atoms with Crippen LogP contribution in [0.2, 0.25) is 0 Å². The minimum atomic E-state index is 0.0768. The number of nitrogens with one attached hydrogen (secondary N) is 1. The Hall–Kier alpha value is -0.900. The number of likely N-dealkylation sites (tertiary alicyclic amines) is 1. The first kappa shape index (κ1) is 17.2. The van der Waals surface area contributed by atoms with Crippen LogP contribution in [0.25, 0.3) is 0 Å². The van der Waals surface area contributed by atoms with Gasteiger partial charge in [0.15, 0.2) is 0 Å². The van der Waals surface area contributed by atoms with Gasteiger partial charge in [-0.15, -0.1) is 11.8 Å². The fourth-order valence-corrected chi connectivity index (χ4v) is 2.61. The van der Waals surface area contributed by atoms with Crippen LogP contribution in [-0.2, 0) is 0 Å². The first-order valence-electron chi connectivity index (χ1n) is 7.64. The lowest BCUT2D eigenvalue weighted by atomic mass is 10.1. The predicted molar refractivity (Wildman–Crippen MR) is 89.1 cm³/mol. The van der Waals surface area contributed by atoms with Crippen LogP contribution >= 0.6 is 11.8 Å². The molecule has 1 atom stereocenters. The van der Waals surface area contributed by atoms with Gasteiger partial charge in [0.2, 0.25) is 0 Å². The van der Waals surface area contributed by atoms with Crippen molar-refractivity contribution in [2.45, 2.75) is 51.5 Å². The molecule has 1 N–H and O–H groups in total. The number of urea groups is 1. The summed E-state index contributed by atoms with van der Waals surface area (Å²) >= 11 is 1.65. The number of carbonyl (C=O) groups excluding carboxylic acids is 1. The summed E-state index contributed by atoms with van der Waals surface area (Å²) in [6.07, 6.45) is 16.1. The zero-order valence-electron chi connectivity index (χ0n) is 12.8. The highest BCUT2D eigenvalue weighted by Gasteiger charge is 2.16. The van der Waals surface area contributed by atoms with E-state index in [1.807, 2.05) is 29.6 Å². The summed E-state index contributed by atoms with van der Waals surface area (Å²) in [5, 5.41) is 4.97. The molecule has 0 aromatic rings. The largest absolute Gasteiger partial charge is 0.332 e. The molecule has 0 spiro atoms. The second-order valence-corrected chi connectivity index (χ2v) is 6.00. The van der Waals surface area contributed by atoms with E-state index in [1.54, 1.807) is 11.8 Å². The van der Waals surface area contributed by atoms with Crippen LogP contribution < -0.4 is 5.32 Å². The fourth-order valence-electron chi connectivity index (χ4n) is 2.22. The van der Waals surface area contributed by atoms with E-state index in [1.165, 1.54) is 25.7 Å². The molecule has 0 bridgehead atoms. The van der Waals surface area contributed by atoms with Crippen LogP contribution in [0.15, 0.2) is 23.6 Å². The molecule has 1 aliphatic carbocycles. The molecule has 1 heterocycles. The molecular weight excluding hydrogens is 268 g/mol. The molecule has 2 amide bonds. The lowest BCUT2D eigenvalue weighted by molar-refractivity contribution is 0.185. The molecule has 0 saturated carbocycles. The quantitative estimate of drug-likeness (QED) is 0.793. The summed E-state index contributed by atoms with van der Waals surface area (Å²) in [5.41, 5.74) is 0. The maximum atomic E-state index is 11.7. The fraction of sp³-hybridized carbons (Fsp3) is 0.688. The summed E-state index contributed by atoms with van der Waals surface area (Å²) in [4.78, 5) is 13.7. The number of hydrogen-bond acceptors (Lipinski definition) is 2. The Morgan fingerprint density at radius 1 is 1.20 bits per heavy atom. The summed E-state index contributed by atoms with van der Waals surface area (Å²) in [7, 11) is 0. The molecule has 3 nitrogen and oxygen atoms in total. The molecule has 0 aromatic carbocycles. The normalized spacial score (nSPS) is 19.6. The average molecular weight is 296 g/mol. The predicted octanol–water partition coefficient (Wildman–Crippen LogP) is 4.17. The first-order chi connectivity index (χ1) is 9.74. The molecule has 1 fully saturated rings. The number of piperidine rings is 1. The Balaban J connectivity index is 0.000000333. The Labute approximate surface area is 127 Å². The van der Waals surface area contributed by atoms with E-state index in [9.17, 15) is 4.79 Å². The monoisotopic (exact) mass is 296 g/mol. The van der Waals surface area contributed by atoms with E-state index < -0.39 is 0 Å². The van der Waals surface area contributed by atoms with Crippen LogP contribution in [0, 0.1) is 0 Å². The Kier molecular flexibility index (Phi) is 9.29. The van der Waals surface area contributed by atoms with Gasteiger partial charge >= 0.3 is 6.03 Å². The molecule has 0 radical (unpaired) electrons. The molecule has 20 heavy (non-hydrogen) atoms. The lowest BCUT2D eigenvalue weighted by Crippen LogP contribution is -2.45. The van der Waals surface area contributed by atoms with Crippen LogP contribution in [-0.4, -0.2) is 36.3 Å². The van der Waals surface area contributed by atoms with Gasteiger partial charge < -0.3 is 10.2 Å². The third-order valence-electron chi connectivity index (χ3n) is 3.41. The third-order valence-corrected chi connectivity index (χ3v) is 3.84. The van der Waals surface area contributed by atoms with E-state index in [-0.39, 0.29) is 12.1 Å². The van der Waals surface area contributed by atoms with Gasteiger partial charge in [-0.25, -0.2) is 4.79 Å². The standard InChI is InChI=1S/C11H20N2OS.C5H8/c1-10(6-9-15-2)12-11(14)13-7-4-3-5-8-13;1-2-4-5-3-1/h6,9-10H,3-5,7-8H2,1-2H3,(H,12,14);1-2H,3-5H2/b9-6+;. The maximum Gasteiger partial charge on any atom is 0.317 e. The van der Waals surface area contributed by atoms with E-state index in [4.69, 9.17) is 0 Å². The molecule has 114 valence electrons. The van der Waals surface area contributed by atoms with E-state index in [0.29, 0.717) is 0 Å². The molecule has 1 aliphatic heterocycles. The van der Waals surface area contributed by atoms with Gasteiger partial charge in [-0.05, 0) is 57.1 Å². The molecule has 0 aromatic heterocycles. The van der Waals surface area contributed by atoms with E-state index in [2.05, 4.69) is 17.5 Å². The van der Waals surface area contributed by atoms with Gasteiger partial charge in [0, 0.05) is 19.1 Å². The van der Waals surface area contributed by atoms with Gasteiger partial charge in [0.05, 0.1) is 0 Å². The smallest absolute Gasteiger partial charge is 0.317 e. The zero-order valence-corrected chi connectivity index (χ0v) is 13.6. The van der Waals surface area contributed by atoms with Crippen molar-refractivity contribution < 1.29 is 4.79 Å². The van der Waals surface area contributed by atoms with Crippen molar-refractivity contribution in [2.75, 3.05) is 19.3 Å². The van der Waals surface area contributed by atoms with Crippen molar-refractivity contribution >= 4 is 17.8 Å². The topological polar surface area (TPSA) is 32.3 Å². The maximum absolute atomic E-state index is 11.7. The van der Waals surface area contributed by atoms with Crippen LogP contribution in [0.3, 0.4) is 0 Å². The van der Waals surface area contributed by atoms with Crippen molar-refractivity contribution in [3.8, 4) is 0 Å². The average Bonchev–Trinajstić information content (AvgIpc) is 3.05. The van der Waals surface area contributed by atoms with Crippen molar-refractivity contribution in [3.63, 3.8) is 0 Å². The second kappa shape index (κ2) is 10.8. The SMILES string of the molecule is C1=CCCC1.CS/C=C/C(C)NC(=O)N1CCCCC1. The summed E-state index contributed by atoms with van der Waals surface area (Å²) in [6, 6.07) is 0.194. The highest BCUT2D eigenvalue weighted by Crippen LogP contribution is 2.08. The van der Waals surface area contributed by atoms with Gasteiger partial charge in [0.25, 0.3) is 0 Å². The van der Waals surface area contributed by atoms with Crippen LogP contribution in [0.1, 0.15) is 45.4 Å². The van der Waals surface area contributed by atoms with Crippen molar-refractivity contribution in [1.29, 1.82) is 0 Å². The molecule has 2 aliphatic rings.